The summed E-state index contributed by atoms with van der Waals surface area (Å²) in [6, 6.07) is 14.0. The standard InChI is InChI=1S/C25H29ClN2O3/c1-3-4-5-6-7-8-15-31-23-14-9-19(17-24(23)30-2)16-20(18-27)25(29)28-22-12-10-21(26)11-13-22/h9-14,16-17H,3-8,15H2,1-2H3,(H,28,29)/b20-16-. The summed E-state index contributed by atoms with van der Waals surface area (Å²) in [5.74, 6) is 0.722. The Hall–Kier alpha value is -2.97. The molecule has 0 saturated heterocycles. The molecule has 5 nitrogen and oxygen atoms in total. The number of nitrogens with one attached hydrogen (secondary N) is 1. The Bertz CT molecular complexity index is 917. The predicted octanol–water partition coefficient (Wildman–Crippen LogP) is 6.63. The van der Waals surface area contributed by atoms with Gasteiger partial charge in [0, 0.05) is 10.7 Å². The minimum absolute atomic E-state index is 0.0160. The quantitative estimate of drug-likeness (QED) is 0.228. The maximum Gasteiger partial charge on any atom is 0.266 e. The van der Waals surface area contributed by atoms with Gasteiger partial charge in [-0.15, -0.1) is 0 Å². The third-order valence-electron chi connectivity index (χ3n) is 4.72. The van der Waals surface area contributed by atoms with Gasteiger partial charge in [-0.3, -0.25) is 4.79 Å². The van der Waals surface area contributed by atoms with Crippen molar-refractivity contribution in [1.82, 2.24) is 0 Å². The van der Waals surface area contributed by atoms with E-state index in [-0.39, 0.29) is 5.57 Å². The highest BCUT2D eigenvalue weighted by molar-refractivity contribution is 6.30. The molecule has 0 aliphatic heterocycles. The molecule has 0 heterocycles. The van der Waals surface area contributed by atoms with Crippen LogP contribution in [0, 0.1) is 11.3 Å². The summed E-state index contributed by atoms with van der Waals surface area (Å²) >= 11 is 5.85. The minimum atomic E-state index is -0.493. The molecule has 0 radical (unpaired) electrons. The van der Waals surface area contributed by atoms with Gasteiger partial charge in [-0.2, -0.15) is 5.26 Å². The summed E-state index contributed by atoms with van der Waals surface area (Å²) in [6.45, 7) is 2.84. The van der Waals surface area contributed by atoms with Crippen molar-refractivity contribution >= 4 is 29.3 Å². The van der Waals surface area contributed by atoms with E-state index in [1.165, 1.54) is 31.8 Å². The van der Waals surface area contributed by atoms with Crippen LogP contribution in [-0.2, 0) is 4.79 Å². The number of methoxy groups -OCH3 is 1. The van der Waals surface area contributed by atoms with Crippen LogP contribution in [0.3, 0.4) is 0 Å². The lowest BCUT2D eigenvalue weighted by molar-refractivity contribution is -0.112. The molecule has 1 amide bonds. The number of nitrogens with zero attached hydrogens (tertiary/aromatic N) is 1. The number of rotatable bonds is 12. The van der Waals surface area contributed by atoms with Crippen LogP contribution in [0.5, 0.6) is 11.5 Å². The summed E-state index contributed by atoms with van der Waals surface area (Å²) in [5.41, 5.74) is 1.22. The lowest BCUT2D eigenvalue weighted by Crippen LogP contribution is -2.13. The molecule has 2 rings (SSSR count). The number of ether oxygens (including phenoxy) is 2. The molecule has 2 aromatic carbocycles. The zero-order valence-corrected chi connectivity index (χ0v) is 18.9. The maximum atomic E-state index is 12.4. The number of carbonyl (C=O) groups excluding carboxylic acids is 1. The van der Waals surface area contributed by atoms with Crippen LogP contribution in [-0.4, -0.2) is 19.6 Å². The van der Waals surface area contributed by atoms with Crippen molar-refractivity contribution in [1.29, 1.82) is 5.26 Å². The Morgan fingerprint density at radius 2 is 1.77 bits per heavy atom. The first-order valence-electron chi connectivity index (χ1n) is 10.6. The molecule has 0 aliphatic rings. The topological polar surface area (TPSA) is 71.3 Å². The fraction of sp³-hybridized carbons (Fsp3) is 0.360. The first-order valence-corrected chi connectivity index (χ1v) is 10.9. The monoisotopic (exact) mass is 440 g/mol. The van der Waals surface area contributed by atoms with Crippen molar-refractivity contribution in [3.63, 3.8) is 0 Å². The van der Waals surface area contributed by atoms with Crippen LogP contribution in [0.4, 0.5) is 5.69 Å². The second-order valence-corrected chi connectivity index (χ2v) is 7.59. The predicted molar refractivity (Wildman–Crippen MR) is 126 cm³/mol. The highest BCUT2D eigenvalue weighted by Gasteiger charge is 2.11. The van der Waals surface area contributed by atoms with E-state index in [2.05, 4.69) is 12.2 Å². The maximum absolute atomic E-state index is 12.4. The third-order valence-corrected chi connectivity index (χ3v) is 4.97. The SMILES string of the molecule is CCCCCCCCOc1ccc(/C=C(/C#N)C(=O)Nc2ccc(Cl)cc2)cc1OC. The Morgan fingerprint density at radius 3 is 2.45 bits per heavy atom. The summed E-state index contributed by atoms with van der Waals surface area (Å²) in [6.07, 6.45) is 8.69. The number of carbonyl (C=O) groups is 1. The normalized spacial score (nSPS) is 11.0. The molecular weight excluding hydrogens is 412 g/mol. The number of amides is 1. The summed E-state index contributed by atoms with van der Waals surface area (Å²) in [4.78, 5) is 12.4. The van der Waals surface area contributed by atoms with Gasteiger partial charge in [0.2, 0.25) is 0 Å². The van der Waals surface area contributed by atoms with E-state index in [4.69, 9.17) is 21.1 Å². The molecule has 0 fully saturated rings. The minimum Gasteiger partial charge on any atom is -0.493 e. The number of halogens is 1. The van der Waals surface area contributed by atoms with Gasteiger partial charge in [-0.05, 0) is 54.5 Å². The molecule has 6 heteroatoms. The van der Waals surface area contributed by atoms with E-state index >= 15 is 0 Å². The van der Waals surface area contributed by atoms with Crippen molar-refractivity contribution in [3.8, 4) is 17.6 Å². The molecule has 164 valence electrons. The summed E-state index contributed by atoms with van der Waals surface area (Å²) in [5, 5.41) is 12.7. The van der Waals surface area contributed by atoms with E-state index < -0.39 is 5.91 Å². The Labute approximate surface area is 189 Å². The second kappa shape index (κ2) is 13.4. The van der Waals surface area contributed by atoms with Crippen LogP contribution < -0.4 is 14.8 Å². The third kappa shape index (κ3) is 8.35. The fourth-order valence-electron chi connectivity index (χ4n) is 3.00. The van der Waals surface area contributed by atoms with Gasteiger partial charge in [0.1, 0.15) is 11.6 Å². The number of hydrogen-bond donors (Lipinski definition) is 1. The number of anilines is 1. The first kappa shape index (κ1) is 24.3. The highest BCUT2D eigenvalue weighted by Crippen LogP contribution is 2.29. The van der Waals surface area contributed by atoms with Gasteiger partial charge in [-0.25, -0.2) is 0 Å². The molecule has 1 N–H and O–H groups in total. The van der Waals surface area contributed by atoms with E-state index in [1.807, 2.05) is 6.07 Å². The number of unbranched alkanes of at least 4 members (excludes halogenated alkanes) is 5. The summed E-state index contributed by atoms with van der Waals surface area (Å²) < 4.78 is 11.3. The van der Waals surface area contributed by atoms with Crippen LogP contribution in [0.15, 0.2) is 48.0 Å². The van der Waals surface area contributed by atoms with E-state index in [0.29, 0.717) is 34.4 Å². The number of benzene rings is 2. The summed E-state index contributed by atoms with van der Waals surface area (Å²) in [7, 11) is 1.57. The molecule has 2 aromatic rings. The molecule has 0 spiro atoms. The number of hydrogen-bond acceptors (Lipinski definition) is 4. The van der Waals surface area contributed by atoms with Crippen LogP contribution >= 0.6 is 11.6 Å². The van der Waals surface area contributed by atoms with Crippen molar-refractivity contribution < 1.29 is 14.3 Å². The molecule has 0 bridgehead atoms. The van der Waals surface area contributed by atoms with Gasteiger partial charge in [0.25, 0.3) is 5.91 Å². The zero-order chi connectivity index (χ0) is 22.5. The molecular formula is C25H29ClN2O3. The molecule has 0 aromatic heterocycles. The lowest BCUT2D eigenvalue weighted by Gasteiger charge is -2.11. The molecule has 0 aliphatic carbocycles. The van der Waals surface area contributed by atoms with E-state index in [1.54, 1.807) is 49.6 Å². The van der Waals surface area contributed by atoms with Crippen LogP contribution in [0.1, 0.15) is 51.0 Å². The van der Waals surface area contributed by atoms with Crippen LogP contribution in [0.25, 0.3) is 6.08 Å². The van der Waals surface area contributed by atoms with Crippen molar-refractivity contribution in [3.05, 3.63) is 58.6 Å². The first-order chi connectivity index (χ1) is 15.1. The largest absolute Gasteiger partial charge is 0.493 e. The molecule has 0 saturated carbocycles. The number of nitriles is 1. The van der Waals surface area contributed by atoms with Gasteiger partial charge in [0.15, 0.2) is 11.5 Å². The Balaban J connectivity index is 1.99. The highest BCUT2D eigenvalue weighted by atomic mass is 35.5. The Morgan fingerprint density at radius 1 is 1.06 bits per heavy atom. The molecule has 0 unspecified atom stereocenters. The molecule has 31 heavy (non-hydrogen) atoms. The van der Waals surface area contributed by atoms with Crippen molar-refractivity contribution in [2.24, 2.45) is 0 Å². The van der Waals surface area contributed by atoms with Gasteiger partial charge >= 0.3 is 0 Å². The van der Waals surface area contributed by atoms with Crippen molar-refractivity contribution in [2.45, 2.75) is 45.4 Å². The average molecular weight is 441 g/mol. The van der Waals surface area contributed by atoms with Gasteiger partial charge < -0.3 is 14.8 Å². The smallest absolute Gasteiger partial charge is 0.266 e. The average Bonchev–Trinajstić information content (AvgIpc) is 2.78. The van der Waals surface area contributed by atoms with Crippen LogP contribution in [0.2, 0.25) is 5.02 Å². The Kier molecular flexibility index (Phi) is 10.5. The van der Waals surface area contributed by atoms with E-state index in [9.17, 15) is 10.1 Å². The zero-order valence-electron chi connectivity index (χ0n) is 18.1. The van der Waals surface area contributed by atoms with Gasteiger partial charge in [-0.1, -0.05) is 56.7 Å². The second-order valence-electron chi connectivity index (χ2n) is 7.16. The lowest BCUT2D eigenvalue weighted by atomic mass is 10.1. The fourth-order valence-corrected chi connectivity index (χ4v) is 3.13. The van der Waals surface area contributed by atoms with Crippen molar-refractivity contribution in [2.75, 3.05) is 19.0 Å². The molecule has 0 atom stereocenters. The van der Waals surface area contributed by atoms with Gasteiger partial charge in [0.05, 0.1) is 13.7 Å². The van der Waals surface area contributed by atoms with E-state index in [0.717, 1.165) is 12.8 Å².